The third kappa shape index (κ3) is 3.92. The standard InChI is InChI=1S/C19H17N3O2S/c1-21(2)11-10-14-8-9-16(12-18(14)22(23)24)17-13-25-19(20-17)15-6-4-3-5-7-15/h3-13H,1-2H3/b11-10+. The average molecular weight is 351 g/mol. The van der Waals surface area contributed by atoms with E-state index in [2.05, 4.69) is 4.98 Å². The van der Waals surface area contributed by atoms with Crippen LogP contribution in [-0.2, 0) is 0 Å². The Labute approximate surface area is 150 Å². The van der Waals surface area contributed by atoms with Gasteiger partial charge in [0.1, 0.15) is 5.01 Å². The molecule has 0 aliphatic heterocycles. The van der Waals surface area contributed by atoms with Crippen molar-refractivity contribution in [2.45, 2.75) is 0 Å². The molecule has 25 heavy (non-hydrogen) atoms. The quantitative estimate of drug-likeness (QED) is 0.484. The van der Waals surface area contributed by atoms with Crippen LogP contribution in [0.15, 0.2) is 60.1 Å². The fraction of sp³-hybridized carbons (Fsp3) is 0.105. The van der Waals surface area contributed by atoms with Crippen LogP contribution >= 0.6 is 11.3 Å². The number of rotatable bonds is 5. The molecule has 0 atom stereocenters. The van der Waals surface area contributed by atoms with Crippen molar-refractivity contribution < 1.29 is 4.92 Å². The largest absolute Gasteiger partial charge is 0.383 e. The number of hydrogen-bond donors (Lipinski definition) is 0. The predicted octanol–water partition coefficient (Wildman–Crippen LogP) is 4.92. The zero-order chi connectivity index (χ0) is 17.8. The Hall–Kier alpha value is -2.99. The first kappa shape index (κ1) is 16.9. The van der Waals surface area contributed by atoms with Gasteiger partial charge >= 0.3 is 0 Å². The Bertz CT molecular complexity index is 917. The van der Waals surface area contributed by atoms with Gasteiger partial charge in [-0.2, -0.15) is 0 Å². The maximum atomic E-state index is 11.4. The maximum Gasteiger partial charge on any atom is 0.277 e. The highest BCUT2D eigenvalue weighted by molar-refractivity contribution is 7.13. The Morgan fingerprint density at radius 1 is 1.12 bits per heavy atom. The van der Waals surface area contributed by atoms with E-state index < -0.39 is 0 Å². The summed E-state index contributed by atoms with van der Waals surface area (Å²) in [6.45, 7) is 0. The first-order valence-corrected chi connectivity index (χ1v) is 8.57. The van der Waals surface area contributed by atoms with Crippen molar-refractivity contribution in [2.24, 2.45) is 0 Å². The van der Waals surface area contributed by atoms with Crippen LogP contribution in [0.4, 0.5) is 5.69 Å². The third-order valence-corrected chi connectivity index (χ3v) is 4.49. The van der Waals surface area contributed by atoms with E-state index in [1.165, 1.54) is 11.3 Å². The molecule has 1 heterocycles. The van der Waals surface area contributed by atoms with Crippen molar-refractivity contribution in [3.8, 4) is 21.8 Å². The molecule has 6 heteroatoms. The maximum absolute atomic E-state index is 11.4. The van der Waals surface area contributed by atoms with E-state index in [4.69, 9.17) is 0 Å². The molecule has 3 aromatic rings. The van der Waals surface area contributed by atoms with Crippen LogP contribution in [-0.4, -0.2) is 28.9 Å². The summed E-state index contributed by atoms with van der Waals surface area (Å²) in [6, 6.07) is 15.1. The van der Waals surface area contributed by atoms with Crippen molar-refractivity contribution >= 4 is 23.1 Å². The lowest BCUT2D eigenvalue weighted by Gasteiger charge is -2.05. The molecular formula is C19H17N3O2S. The molecule has 0 aliphatic rings. The van der Waals surface area contributed by atoms with Crippen LogP contribution in [0.3, 0.4) is 0 Å². The molecule has 5 nitrogen and oxygen atoms in total. The second-order valence-electron chi connectivity index (χ2n) is 5.71. The van der Waals surface area contributed by atoms with Gasteiger partial charge in [-0.05, 0) is 18.3 Å². The van der Waals surface area contributed by atoms with Crippen molar-refractivity contribution in [3.05, 3.63) is 75.8 Å². The molecule has 0 saturated carbocycles. The Balaban J connectivity index is 1.97. The second kappa shape index (κ2) is 7.27. The fourth-order valence-electron chi connectivity index (χ4n) is 2.35. The zero-order valence-electron chi connectivity index (χ0n) is 13.9. The lowest BCUT2D eigenvalue weighted by atomic mass is 10.1. The summed E-state index contributed by atoms with van der Waals surface area (Å²) in [5, 5.41) is 14.2. The summed E-state index contributed by atoms with van der Waals surface area (Å²) in [4.78, 5) is 17.5. The van der Waals surface area contributed by atoms with Gasteiger partial charge in [0.05, 0.1) is 16.2 Å². The molecule has 0 aliphatic carbocycles. The van der Waals surface area contributed by atoms with Gasteiger partial charge in [0.2, 0.25) is 0 Å². The Morgan fingerprint density at radius 2 is 1.88 bits per heavy atom. The van der Waals surface area contributed by atoms with E-state index in [1.54, 1.807) is 24.4 Å². The fourth-order valence-corrected chi connectivity index (χ4v) is 3.19. The van der Waals surface area contributed by atoms with Gasteiger partial charge in [-0.15, -0.1) is 11.3 Å². The minimum atomic E-state index is -0.358. The van der Waals surface area contributed by atoms with Gasteiger partial charge in [-0.25, -0.2) is 4.98 Å². The highest BCUT2D eigenvalue weighted by atomic mass is 32.1. The molecule has 0 N–H and O–H groups in total. The first-order chi connectivity index (χ1) is 12.0. The smallest absolute Gasteiger partial charge is 0.277 e. The van der Waals surface area contributed by atoms with E-state index in [9.17, 15) is 10.1 Å². The summed E-state index contributed by atoms with van der Waals surface area (Å²) >= 11 is 1.53. The van der Waals surface area contributed by atoms with Crippen LogP contribution in [0.1, 0.15) is 5.56 Å². The van der Waals surface area contributed by atoms with E-state index in [-0.39, 0.29) is 10.6 Å². The van der Waals surface area contributed by atoms with Crippen molar-refractivity contribution in [2.75, 3.05) is 14.1 Å². The summed E-state index contributed by atoms with van der Waals surface area (Å²) in [5.41, 5.74) is 3.17. The lowest BCUT2D eigenvalue weighted by Crippen LogP contribution is -2.00. The Kier molecular flexibility index (Phi) is 4.90. The average Bonchev–Trinajstić information content (AvgIpc) is 3.10. The first-order valence-electron chi connectivity index (χ1n) is 7.69. The molecule has 0 radical (unpaired) electrons. The molecule has 126 valence electrons. The number of nitro benzene ring substituents is 1. The van der Waals surface area contributed by atoms with Crippen molar-refractivity contribution in [3.63, 3.8) is 0 Å². The van der Waals surface area contributed by atoms with Crippen molar-refractivity contribution in [1.29, 1.82) is 0 Å². The van der Waals surface area contributed by atoms with E-state index in [1.807, 2.05) is 60.8 Å². The van der Waals surface area contributed by atoms with E-state index in [0.717, 1.165) is 21.8 Å². The molecule has 0 spiro atoms. The minimum absolute atomic E-state index is 0.0739. The van der Waals surface area contributed by atoms with Crippen LogP contribution in [0, 0.1) is 10.1 Å². The number of nitro groups is 1. The summed E-state index contributed by atoms with van der Waals surface area (Å²) in [5.74, 6) is 0. The van der Waals surface area contributed by atoms with Gasteiger partial charge < -0.3 is 4.90 Å². The van der Waals surface area contributed by atoms with Crippen molar-refractivity contribution in [1.82, 2.24) is 9.88 Å². The van der Waals surface area contributed by atoms with Gasteiger partial charge in [0.15, 0.2) is 0 Å². The molecule has 0 bridgehead atoms. The molecule has 0 saturated heterocycles. The van der Waals surface area contributed by atoms with E-state index in [0.29, 0.717) is 5.56 Å². The number of thiazole rings is 1. The molecule has 0 amide bonds. The highest BCUT2D eigenvalue weighted by Crippen LogP contribution is 2.32. The topological polar surface area (TPSA) is 59.3 Å². The summed E-state index contributed by atoms with van der Waals surface area (Å²) in [6.07, 6.45) is 3.52. The van der Waals surface area contributed by atoms with Crippen LogP contribution < -0.4 is 0 Å². The molecule has 2 aromatic carbocycles. The molecule has 0 unspecified atom stereocenters. The van der Waals surface area contributed by atoms with Crippen LogP contribution in [0.5, 0.6) is 0 Å². The lowest BCUT2D eigenvalue weighted by molar-refractivity contribution is -0.385. The monoisotopic (exact) mass is 351 g/mol. The second-order valence-corrected chi connectivity index (χ2v) is 6.57. The van der Waals surface area contributed by atoms with Gasteiger partial charge in [0.25, 0.3) is 5.69 Å². The molecule has 1 aromatic heterocycles. The number of benzene rings is 2. The molecular weight excluding hydrogens is 334 g/mol. The molecule has 0 fully saturated rings. The summed E-state index contributed by atoms with van der Waals surface area (Å²) < 4.78 is 0. The van der Waals surface area contributed by atoms with E-state index >= 15 is 0 Å². The van der Waals surface area contributed by atoms with Gasteiger partial charge in [-0.3, -0.25) is 10.1 Å². The predicted molar refractivity (Wildman–Crippen MR) is 102 cm³/mol. The summed E-state index contributed by atoms with van der Waals surface area (Å²) in [7, 11) is 3.74. The SMILES string of the molecule is CN(C)/C=C/c1ccc(-c2csc(-c3ccccc3)n2)cc1[N+](=O)[O-]. The zero-order valence-corrected chi connectivity index (χ0v) is 14.7. The van der Waals surface area contributed by atoms with Gasteiger partial charge in [-0.1, -0.05) is 36.4 Å². The Morgan fingerprint density at radius 3 is 2.56 bits per heavy atom. The highest BCUT2D eigenvalue weighted by Gasteiger charge is 2.15. The normalized spacial score (nSPS) is 11.0. The number of hydrogen-bond acceptors (Lipinski definition) is 5. The minimum Gasteiger partial charge on any atom is -0.383 e. The van der Waals surface area contributed by atoms with Gasteiger partial charge in [0, 0.05) is 36.7 Å². The third-order valence-electron chi connectivity index (χ3n) is 3.60. The van der Waals surface area contributed by atoms with Crippen LogP contribution in [0.2, 0.25) is 0 Å². The number of nitrogens with zero attached hydrogens (tertiary/aromatic N) is 3. The number of aromatic nitrogens is 1. The van der Waals surface area contributed by atoms with Crippen LogP contribution in [0.25, 0.3) is 27.9 Å². The molecule has 3 rings (SSSR count).